The van der Waals surface area contributed by atoms with Crippen molar-refractivity contribution in [1.82, 2.24) is 9.80 Å². The molecule has 1 heterocycles. The number of benzene rings is 1. The van der Waals surface area contributed by atoms with Gasteiger partial charge in [-0.3, -0.25) is 29.0 Å². The SMILES string of the molecule is CC[C@H](O)CN1CC(=O)Nc2c(O)c3c(c(F)c2C1)C[C@H]1C[C@H]2[C@H](N(C)C)C(=O)C(C(N)=O)=C(O)[C@@]2(O)C(=O)C1=C3O. The number of nitrogens with two attached hydrogens (primary N) is 1. The fourth-order valence-electron chi connectivity index (χ4n) is 6.89. The molecular weight excluding hydrogens is 555 g/mol. The minimum atomic E-state index is -2.82. The monoisotopic (exact) mass is 588 g/mol. The Labute approximate surface area is 239 Å². The van der Waals surface area contributed by atoms with Crippen molar-refractivity contribution in [2.75, 3.05) is 32.5 Å². The zero-order chi connectivity index (χ0) is 31.0. The second-order valence-corrected chi connectivity index (χ2v) is 11.6. The predicted octanol–water partition coefficient (Wildman–Crippen LogP) is -0.372. The van der Waals surface area contributed by atoms with E-state index in [9.17, 15) is 44.7 Å². The molecule has 0 bridgehead atoms. The maximum Gasteiger partial charge on any atom is 0.255 e. The first-order valence-corrected chi connectivity index (χ1v) is 13.6. The lowest BCUT2D eigenvalue weighted by Crippen LogP contribution is -2.65. The molecule has 226 valence electrons. The van der Waals surface area contributed by atoms with E-state index in [4.69, 9.17) is 5.73 Å². The van der Waals surface area contributed by atoms with E-state index in [1.54, 1.807) is 6.92 Å². The van der Waals surface area contributed by atoms with Gasteiger partial charge >= 0.3 is 0 Å². The minimum absolute atomic E-state index is 0.0671. The summed E-state index contributed by atoms with van der Waals surface area (Å²) in [7, 11) is 2.96. The lowest BCUT2D eigenvalue weighted by atomic mass is 9.57. The molecule has 14 heteroatoms. The second kappa shape index (κ2) is 10.2. The third-order valence-corrected chi connectivity index (χ3v) is 8.87. The molecule has 8 N–H and O–H groups in total. The van der Waals surface area contributed by atoms with E-state index in [1.807, 2.05) is 0 Å². The van der Waals surface area contributed by atoms with E-state index >= 15 is 4.39 Å². The first-order valence-electron chi connectivity index (χ1n) is 13.6. The summed E-state index contributed by atoms with van der Waals surface area (Å²) in [6, 6.07) is -1.26. The molecule has 2 amide bonds. The predicted molar refractivity (Wildman–Crippen MR) is 144 cm³/mol. The number of fused-ring (bicyclic) bond motifs is 4. The molecule has 1 aromatic carbocycles. The summed E-state index contributed by atoms with van der Waals surface area (Å²) < 4.78 is 16.2. The number of carbonyl (C=O) groups is 4. The fraction of sp³-hybridized carbons (Fsp3) is 0.500. The molecule has 3 aliphatic carbocycles. The number of amides is 2. The Morgan fingerprint density at radius 2 is 1.86 bits per heavy atom. The van der Waals surface area contributed by atoms with Gasteiger partial charge in [0, 0.05) is 35.7 Å². The lowest BCUT2D eigenvalue weighted by Gasteiger charge is -2.50. The molecule has 4 aliphatic rings. The maximum atomic E-state index is 16.2. The van der Waals surface area contributed by atoms with Gasteiger partial charge in [0.2, 0.25) is 11.7 Å². The average molecular weight is 589 g/mol. The highest BCUT2D eigenvalue weighted by molar-refractivity contribution is 6.24. The number of aliphatic hydroxyl groups is 4. The number of hydrogen-bond acceptors (Lipinski definition) is 11. The van der Waals surface area contributed by atoms with Crippen LogP contribution in [0.3, 0.4) is 0 Å². The normalized spacial score (nSPS) is 28.5. The number of aromatic hydroxyl groups is 1. The van der Waals surface area contributed by atoms with Crippen LogP contribution in [-0.2, 0) is 32.1 Å². The lowest BCUT2D eigenvalue weighted by molar-refractivity contribution is -0.153. The number of aliphatic hydroxyl groups excluding tert-OH is 3. The molecular formula is C28H33FN4O9. The molecule has 1 aliphatic heterocycles. The largest absolute Gasteiger partial charge is 0.508 e. The first kappa shape index (κ1) is 29.6. The summed E-state index contributed by atoms with van der Waals surface area (Å²) in [6.45, 7) is 1.47. The van der Waals surface area contributed by atoms with Gasteiger partial charge in [-0.2, -0.15) is 0 Å². The smallest absolute Gasteiger partial charge is 0.255 e. The van der Waals surface area contributed by atoms with Gasteiger partial charge in [0.1, 0.15) is 22.9 Å². The Morgan fingerprint density at radius 3 is 2.45 bits per heavy atom. The third kappa shape index (κ3) is 4.12. The van der Waals surface area contributed by atoms with Crippen molar-refractivity contribution in [2.45, 2.75) is 50.5 Å². The molecule has 0 radical (unpaired) electrons. The van der Waals surface area contributed by atoms with Crippen LogP contribution in [-0.4, -0.2) is 104 Å². The number of halogens is 1. The van der Waals surface area contributed by atoms with Crippen LogP contribution in [0.15, 0.2) is 16.9 Å². The number of phenols is 1. The zero-order valence-corrected chi connectivity index (χ0v) is 23.3. The van der Waals surface area contributed by atoms with Crippen molar-refractivity contribution >= 4 is 34.8 Å². The third-order valence-electron chi connectivity index (χ3n) is 8.87. The molecule has 1 fully saturated rings. The number of primary amides is 1. The van der Waals surface area contributed by atoms with Crippen molar-refractivity contribution in [3.8, 4) is 5.75 Å². The van der Waals surface area contributed by atoms with Crippen LogP contribution < -0.4 is 11.1 Å². The summed E-state index contributed by atoms with van der Waals surface area (Å²) in [6.07, 6.45) is -0.796. The van der Waals surface area contributed by atoms with Crippen LogP contribution >= 0.6 is 0 Å². The summed E-state index contributed by atoms with van der Waals surface area (Å²) in [5, 5.41) is 57.8. The van der Waals surface area contributed by atoms with Crippen LogP contribution in [0.1, 0.15) is 36.5 Å². The van der Waals surface area contributed by atoms with Crippen LogP contribution in [0.2, 0.25) is 0 Å². The Hall–Kier alpha value is -3.85. The average Bonchev–Trinajstić information content (AvgIpc) is 3.07. The van der Waals surface area contributed by atoms with Crippen LogP contribution in [0.4, 0.5) is 10.1 Å². The van der Waals surface area contributed by atoms with Crippen LogP contribution in [0, 0.1) is 17.7 Å². The highest BCUT2D eigenvalue weighted by atomic mass is 19.1. The Balaban J connectivity index is 1.69. The number of nitrogens with zero attached hydrogens (tertiary/aromatic N) is 2. The van der Waals surface area contributed by atoms with E-state index in [2.05, 4.69) is 5.32 Å². The summed E-state index contributed by atoms with van der Waals surface area (Å²) in [5.41, 5.74) is 0.183. The molecule has 0 spiro atoms. The van der Waals surface area contributed by atoms with E-state index in [0.717, 1.165) is 0 Å². The minimum Gasteiger partial charge on any atom is -0.508 e. The second-order valence-electron chi connectivity index (χ2n) is 11.6. The van der Waals surface area contributed by atoms with Gasteiger partial charge in [-0.15, -0.1) is 0 Å². The number of anilines is 1. The van der Waals surface area contributed by atoms with Gasteiger partial charge in [-0.05, 0) is 39.3 Å². The van der Waals surface area contributed by atoms with Crippen LogP contribution in [0.5, 0.6) is 5.75 Å². The van der Waals surface area contributed by atoms with E-state index in [-0.39, 0.29) is 49.3 Å². The number of nitrogens with one attached hydrogen (secondary N) is 1. The van der Waals surface area contributed by atoms with Crippen molar-refractivity contribution in [1.29, 1.82) is 0 Å². The summed E-state index contributed by atoms with van der Waals surface area (Å²) in [4.78, 5) is 54.8. The van der Waals surface area contributed by atoms with E-state index < -0.39 is 92.8 Å². The number of Topliss-reactive ketones (excluding diaryl/α,β-unsaturated/α-hetero) is 2. The molecule has 1 saturated carbocycles. The Morgan fingerprint density at radius 1 is 1.19 bits per heavy atom. The number of likely N-dealkylation sites (N-methyl/N-ethyl adjacent to an activating group) is 1. The number of phenolic OH excluding ortho intramolecular Hbond substituents is 1. The van der Waals surface area contributed by atoms with Crippen molar-refractivity contribution < 1.29 is 49.1 Å². The van der Waals surface area contributed by atoms with Gasteiger partial charge in [-0.25, -0.2) is 4.39 Å². The molecule has 1 aromatic rings. The number of rotatable bonds is 5. The quantitative estimate of drug-likeness (QED) is 0.174. The molecule has 0 aromatic heterocycles. The molecule has 13 nitrogen and oxygen atoms in total. The van der Waals surface area contributed by atoms with Crippen LogP contribution in [0.25, 0.3) is 5.76 Å². The number of β-amino-alcohol motifs (C(OH)–C–C–N with tert-alkyl or cyclic N) is 1. The Bertz CT molecular complexity index is 1500. The number of hydrogen-bond donors (Lipinski definition) is 7. The number of carbonyl (C=O) groups excluding carboxylic acids is 4. The van der Waals surface area contributed by atoms with E-state index in [0.29, 0.717) is 6.42 Å². The molecule has 0 saturated heterocycles. The van der Waals surface area contributed by atoms with Gasteiger partial charge in [0.05, 0.1) is 29.9 Å². The maximum absolute atomic E-state index is 16.2. The highest BCUT2D eigenvalue weighted by Crippen LogP contribution is 2.54. The molecule has 5 atom stereocenters. The number of ketones is 2. The standard InChI is InChI=1S/C28H33FN4O9/c1-4-11(34)7-33-8-13-19(29)12-5-10-6-14-21(32(2)3)24(38)18(27(30)41)26(40)28(14,42)25(39)16(10)22(36)17(12)23(37)20(13)31-15(35)9-33/h10-11,14,21,34,36-37,40,42H,4-9H2,1-3H3,(H2,30,41)(H,31,35)/t10-,11-,14-,21-,28-/m0/s1. The highest BCUT2D eigenvalue weighted by Gasteiger charge is 2.64. The molecule has 0 unspecified atom stereocenters. The topological polar surface area (TPSA) is 214 Å². The summed E-state index contributed by atoms with van der Waals surface area (Å²) >= 11 is 0. The first-order chi connectivity index (χ1) is 19.6. The van der Waals surface area contributed by atoms with Gasteiger partial charge in [0.25, 0.3) is 5.91 Å². The molecule has 5 rings (SSSR count). The van der Waals surface area contributed by atoms with Gasteiger partial charge < -0.3 is 36.6 Å². The fourth-order valence-corrected chi connectivity index (χ4v) is 6.89. The zero-order valence-electron chi connectivity index (χ0n) is 23.3. The van der Waals surface area contributed by atoms with Gasteiger partial charge in [0.15, 0.2) is 17.1 Å². The Kier molecular flexibility index (Phi) is 7.16. The van der Waals surface area contributed by atoms with Crippen molar-refractivity contribution in [3.05, 3.63) is 39.4 Å². The van der Waals surface area contributed by atoms with Crippen molar-refractivity contribution in [2.24, 2.45) is 17.6 Å². The molecule has 42 heavy (non-hydrogen) atoms. The van der Waals surface area contributed by atoms with Crippen molar-refractivity contribution in [3.63, 3.8) is 0 Å². The summed E-state index contributed by atoms with van der Waals surface area (Å²) in [5.74, 6) is -9.91. The van der Waals surface area contributed by atoms with E-state index in [1.165, 1.54) is 23.9 Å². The van der Waals surface area contributed by atoms with Gasteiger partial charge in [-0.1, -0.05) is 6.92 Å².